The van der Waals surface area contributed by atoms with E-state index in [1.54, 1.807) is 0 Å². The Kier molecular flexibility index (Phi) is 7.89. The molecule has 1 saturated heterocycles. The molecule has 30 heavy (non-hydrogen) atoms. The molecular formula is C20H26N6O3S. The summed E-state index contributed by atoms with van der Waals surface area (Å²) in [5.74, 6) is -1.04. The van der Waals surface area contributed by atoms with Crippen molar-refractivity contribution in [3.8, 4) is 0 Å². The first-order valence-electron chi connectivity index (χ1n) is 9.80. The molecule has 2 heterocycles. The lowest BCUT2D eigenvalue weighted by atomic mass is 10.2. The number of anilines is 1. The lowest BCUT2D eigenvalue weighted by molar-refractivity contribution is -0.122. The number of nitrogens with one attached hydrogen (secondary N) is 3. The van der Waals surface area contributed by atoms with Gasteiger partial charge in [-0.1, -0.05) is 30.3 Å². The Morgan fingerprint density at radius 2 is 1.73 bits per heavy atom. The molecule has 0 saturated carbocycles. The van der Waals surface area contributed by atoms with Crippen molar-refractivity contribution in [2.24, 2.45) is 0 Å². The van der Waals surface area contributed by atoms with Crippen molar-refractivity contribution in [3.63, 3.8) is 0 Å². The van der Waals surface area contributed by atoms with Gasteiger partial charge in [0, 0.05) is 58.0 Å². The lowest BCUT2D eigenvalue weighted by Crippen LogP contribution is -2.47. The standard InChI is InChI=1S/C20H26N6O3S/c1-15(27)21-20-22-17(14-30-20)19(29)24-23-18(28)7-8-25-9-11-26(12-10-25)13-16-5-3-2-4-6-16/h2-6,14H,7-13H2,1H3,(H,23,28)(H,24,29)(H,21,22,27). The highest BCUT2D eigenvalue weighted by molar-refractivity contribution is 7.14. The third-order valence-corrected chi connectivity index (χ3v) is 5.46. The topological polar surface area (TPSA) is 107 Å². The summed E-state index contributed by atoms with van der Waals surface area (Å²) in [5, 5.41) is 4.36. The first-order valence-corrected chi connectivity index (χ1v) is 10.7. The SMILES string of the molecule is CC(=O)Nc1nc(C(=O)NNC(=O)CCN2CCN(Cc3ccccc3)CC2)cs1. The molecule has 0 bridgehead atoms. The zero-order valence-corrected chi connectivity index (χ0v) is 17.7. The highest BCUT2D eigenvalue weighted by Gasteiger charge is 2.18. The summed E-state index contributed by atoms with van der Waals surface area (Å²) < 4.78 is 0. The van der Waals surface area contributed by atoms with Crippen LogP contribution in [0, 0.1) is 0 Å². The third-order valence-electron chi connectivity index (χ3n) is 4.70. The summed E-state index contributed by atoms with van der Waals surface area (Å²) in [6, 6.07) is 10.4. The van der Waals surface area contributed by atoms with Gasteiger partial charge in [0.05, 0.1) is 0 Å². The maximum Gasteiger partial charge on any atom is 0.289 e. The normalized spacial score (nSPS) is 14.8. The van der Waals surface area contributed by atoms with Crippen LogP contribution in [-0.4, -0.2) is 65.2 Å². The monoisotopic (exact) mass is 430 g/mol. The van der Waals surface area contributed by atoms with Crippen LogP contribution in [0.15, 0.2) is 35.7 Å². The average Bonchev–Trinajstić information content (AvgIpc) is 3.20. The average molecular weight is 431 g/mol. The van der Waals surface area contributed by atoms with Crippen LogP contribution in [0.4, 0.5) is 5.13 Å². The van der Waals surface area contributed by atoms with Crippen LogP contribution in [-0.2, 0) is 16.1 Å². The molecule has 1 aliphatic rings. The summed E-state index contributed by atoms with van der Waals surface area (Å²) in [6.07, 6.45) is 0.299. The summed E-state index contributed by atoms with van der Waals surface area (Å²) >= 11 is 1.14. The second-order valence-electron chi connectivity index (χ2n) is 7.07. The van der Waals surface area contributed by atoms with Gasteiger partial charge in [0.25, 0.3) is 5.91 Å². The number of benzene rings is 1. The second-order valence-corrected chi connectivity index (χ2v) is 7.93. The lowest BCUT2D eigenvalue weighted by Gasteiger charge is -2.34. The van der Waals surface area contributed by atoms with Crippen molar-refractivity contribution in [1.82, 2.24) is 25.6 Å². The fourth-order valence-electron chi connectivity index (χ4n) is 3.11. The van der Waals surface area contributed by atoms with Crippen molar-refractivity contribution >= 4 is 34.2 Å². The van der Waals surface area contributed by atoms with Crippen molar-refractivity contribution in [2.75, 3.05) is 38.0 Å². The Morgan fingerprint density at radius 3 is 2.43 bits per heavy atom. The van der Waals surface area contributed by atoms with Gasteiger partial charge in [-0.05, 0) is 5.56 Å². The van der Waals surface area contributed by atoms with E-state index in [0.717, 1.165) is 44.1 Å². The van der Waals surface area contributed by atoms with Crippen LogP contribution < -0.4 is 16.2 Å². The zero-order valence-electron chi connectivity index (χ0n) is 16.9. The molecule has 1 fully saturated rings. The second kappa shape index (κ2) is 10.8. The minimum atomic E-state index is -0.522. The molecule has 1 aliphatic heterocycles. The minimum absolute atomic E-state index is 0.138. The Hall–Kier alpha value is -2.82. The molecule has 160 valence electrons. The number of rotatable bonds is 7. The molecule has 0 spiro atoms. The van der Waals surface area contributed by atoms with E-state index in [4.69, 9.17) is 0 Å². The van der Waals surface area contributed by atoms with Crippen LogP contribution in [0.5, 0.6) is 0 Å². The Bertz CT molecular complexity index is 864. The van der Waals surface area contributed by atoms with Crippen molar-refractivity contribution in [1.29, 1.82) is 0 Å². The van der Waals surface area contributed by atoms with E-state index in [9.17, 15) is 14.4 Å². The van der Waals surface area contributed by atoms with Crippen LogP contribution in [0.2, 0.25) is 0 Å². The number of hydrogen-bond donors (Lipinski definition) is 3. The van der Waals surface area contributed by atoms with Gasteiger partial charge in [-0.2, -0.15) is 0 Å². The van der Waals surface area contributed by atoms with Gasteiger partial charge in [-0.15, -0.1) is 11.3 Å². The molecule has 0 radical (unpaired) electrons. The summed E-state index contributed by atoms with van der Waals surface area (Å²) in [6.45, 7) is 6.71. The molecule has 1 aromatic heterocycles. The fourth-order valence-corrected chi connectivity index (χ4v) is 3.85. The van der Waals surface area contributed by atoms with Crippen LogP contribution in [0.1, 0.15) is 29.4 Å². The van der Waals surface area contributed by atoms with E-state index in [0.29, 0.717) is 18.1 Å². The first kappa shape index (κ1) is 21.9. The summed E-state index contributed by atoms with van der Waals surface area (Å²) in [5.41, 5.74) is 6.22. The number of aromatic nitrogens is 1. The quantitative estimate of drug-likeness (QED) is 0.568. The van der Waals surface area contributed by atoms with Gasteiger partial charge in [0.1, 0.15) is 5.69 Å². The van der Waals surface area contributed by atoms with Gasteiger partial charge in [-0.3, -0.25) is 30.1 Å². The predicted molar refractivity (Wildman–Crippen MR) is 115 cm³/mol. The van der Waals surface area contributed by atoms with Gasteiger partial charge < -0.3 is 10.2 Å². The zero-order chi connectivity index (χ0) is 21.3. The summed E-state index contributed by atoms with van der Waals surface area (Å²) in [4.78, 5) is 43.7. The Balaban J connectivity index is 1.32. The van der Waals surface area contributed by atoms with Crippen molar-refractivity contribution in [3.05, 3.63) is 47.0 Å². The molecule has 0 unspecified atom stereocenters. The Labute approximate surface area is 179 Å². The molecule has 3 rings (SSSR count). The molecular weight excluding hydrogens is 404 g/mol. The first-order chi connectivity index (χ1) is 14.5. The number of thiazole rings is 1. The number of amides is 3. The highest BCUT2D eigenvalue weighted by Crippen LogP contribution is 2.15. The smallest absolute Gasteiger partial charge is 0.289 e. The fraction of sp³-hybridized carbons (Fsp3) is 0.400. The number of carbonyl (C=O) groups excluding carboxylic acids is 3. The number of hydrazine groups is 1. The Morgan fingerprint density at radius 1 is 1.03 bits per heavy atom. The molecule has 1 aromatic carbocycles. The van der Waals surface area contributed by atoms with Crippen LogP contribution in [0.25, 0.3) is 0 Å². The van der Waals surface area contributed by atoms with Gasteiger partial charge in [-0.25, -0.2) is 4.98 Å². The molecule has 0 aliphatic carbocycles. The predicted octanol–water partition coefficient (Wildman–Crippen LogP) is 1.07. The molecule has 9 nitrogen and oxygen atoms in total. The van der Waals surface area contributed by atoms with E-state index in [2.05, 4.69) is 55.2 Å². The number of piperazine rings is 1. The van der Waals surface area contributed by atoms with E-state index >= 15 is 0 Å². The minimum Gasteiger partial charge on any atom is -0.302 e. The molecule has 2 aromatic rings. The molecule has 0 atom stereocenters. The van der Waals surface area contributed by atoms with E-state index in [1.807, 2.05) is 6.07 Å². The molecule has 3 N–H and O–H groups in total. The van der Waals surface area contributed by atoms with Crippen molar-refractivity contribution in [2.45, 2.75) is 19.9 Å². The van der Waals surface area contributed by atoms with Crippen LogP contribution in [0.3, 0.4) is 0 Å². The van der Waals surface area contributed by atoms with Crippen molar-refractivity contribution < 1.29 is 14.4 Å². The maximum absolute atomic E-state index is 12.0. The highest BCUT2D eigenvalue weighted by atomic mass is 32.1. The van der Waals surface area contributed by atoms with E-state index < -0.39 is 5.91 Å². The van der Waals surface area contributed by atoms with E-state index in [1.165, 1.54) is 17.9 Å². The summed E-state index contributed by atoms with van der Waals surface area (Å²) in [7, 11) is 0. The van der Waals surface area contributed by atoms with Gasteiger partial charge in [0.2, 0.25) is 11.8 Å². The molecule has 10 heteroatoms. The van der Waals surface area contributed by atoms with Gasteiger partial charge in [0.15, 0.2) is 5.13 Å². The number of nitrogens with zero attached hydrogens (tertiary/aromatic N) is 3. The maximum atomic E-state index is 12.0. The largest absolute Gasteiger partial charge is 0.302 e. The number of hydrogen-bond acceptors (Lipinski definition) is 7. The third kappa shape index (κ3) is 6.90. The van der Waals surface area contributed by atoms with Crippen LogP contribution >= 0.6 is 11.3 Å². The van der Waals surface area contributed by atoms with Gasteiger partial charge >= 0.3 is 0 Å². The number of carbonyl (C=O) groups is 3. The van der Waals surface area contributed by atoms with E-state index in [-0.39, 0.29) is 17.5 Å². The molecule has 3 amide bonds.